The van der Waals surface area contributed by atoms with Crippen molar-refractivity contribution in [2.45, 2.75) is 39.4 Å². The molecule has 0 saturated carbocycles. The van der Waals surface area contributed by atoms with Gasteiger partial charge >= 0.3 is 0 Å². The van der Waals surface area contributed by atoms with Crippen molar-refractivity contribution < 1.29 is 13.2 Å². The first-order chi connectivity index (χ1) is 12.2. The fraction of sp³-hybridized carbons (Fsp3) is 0.500. The van der Waals surface area contributed by atoms with E-state index in [0.29, 0.717) is 36.8 Å². The van der Waals surface area contributed by atoms with Gasteiger partial charge in [0.05, 0.1) is 48.5 Å². The zero-order valence-corrected chi connectivity index (χ0v) is 15.8. The molecule has 2 aromatic heterocycles. The van der Waals surface area contributed by atoms with Crippen molar-refractivity contribution in [2.24, 2.45) is 0 Å². The molecule has 0 radical (unpaired) electrons. The third-order valence-electron chi connectivity index (χ3n) is 4.29. The van der Waals surface area contributed by atoms with E-state index in [-0.39, 0.29) is 18.4 Å². The predicted octanol–water partition coefficient (Wildman–Crippen LogP) is 0.177. The second-order valence-electron chi connectivity index (χ2n) is 6.44. The predicted molar refractivity (Wildman–Crippen MR) is 94.5 cm³/mol. The molecule has 10 heteroatoms. The third kappa shape index (κ3) is 4.07. The van der Waals surface area contributed by atoms with Gasteiger partial charge in [-0.1, -0.05) is 0 Å². The molecular formula is C16H22N6O3S. The number of imidazole rings is 1. The number of aromatic nitrogens is 4. The van der Waals surface area contributed by atoms with Gasteiger partial charge in [0.1, 0.15) is 5.82 Å². The number of rotatable bonds is 5. The SMILES string of the molecule is Cc1cnc(CNC(=O)Cc2cn3c(n2)C(C)N(S(C)(=O)=O)CC3)cn1. The number of hydrogen-bond donors (Lipinski definition) is 1. The number of hydrogen-bond acceptors (Lipinski definition) is 6. The highest BCUT2D eigenvalue weighted by Gasteiger charge is 2.32. The summed E-state index contributed by atoms with van der Waals surface area (Å²) in [6.07, 6.45) is 6.43. The first-order valence-corrected chi connectivity index (χ1v) is 10.2. The van der Waals surface area contributed by atoms with Gasteiger partial charge < -0.3 is 9.88 Å². The Labute approximate surface area is 152 Å². The van der Waals surface area contributed by atoms with E-state index in [1.165, 1.54) is 10.6 Å². The summed E-state index contributed by atoms with van der Waals surface area (Å²) in [7, 11) is -3.29. The van der Waals surface area contributed by atoms with Crippen LogP contribution in [0.3, 0.4) is 0 Å². The van der Waals surface area contributed by atoms with Crippen LogP contribution in [0.4, 0.5) is 0 Å². The molecule has 3 heterocycles. The Morgan fingerprint density at radius 1 is 1.27 bits per heavy atom. The van der Waals surface area contributed by atoms with Crippen molar-refractivity contribution in [3.63, 3.8) is 0 Å². The van der Waals surface area contributed by atoms with Crippen LogP contribution in [0, 0.1) is 6.92 Å². The van der Waals surface area contributed by atoms with E-state index in [1.807, 2.05) is 17.7 Å². The van der Waals surface area contributed by atoms with Crippen LogP contribution in [0.15, 0.2) is 18.6 Å². The maximum atomic E-state index is 12.2. The Morgan fingerprint density at radius 2 is 2.04 bits per heavy atom. The lowest BCUT2D eigenvalue weighted by atomic mass is 10.2. The molecule has 1 atom stereocenters. The Hall–Kier alpha value is -2.33. The summed E-state index contributed by atoms with van der Waals surface area (Å²) >= 11 is 0. The number of fused-ring (bicyclic) bond motifs is 1. The van der Waals surface area contributed by atoms with Crippen LogP contribution < -0.4 is 5.32 Å². The lowest BCUT2D eigenvalue weighted by Gasteiger charge is -2.31. The molecule has 3 rings (SSSR count). The van der Waals surface area contributed by atoms with Crippen molar-refractivity contribution in [1.82, 2.24) is 29.1 Å². The van der Waals surface area contributed by atoms with Gasteiger partial charge in [-0.2, -0.15) is 4.31 Å². The lowest BCUT2D eigenvalue weighted by molar-refractivity contribution is -0.120. The molecule has 0 fully saturated rings. The average Bonchev–Trinajstić information content (AvgIpc) is 2.97. The molecule has 1 N–H and O–H groups in total. The number of nitrogens with zero attached hydrogens (tertiary/aromatic N) is 5. The summed E-state index contributed by atoms with van der Waals surface area (Å²) in [5.74, 6) is 0.490. The van der Waals surface area contributed by atoms with Crippen molar-refractivity contribution in [1.29, 1.82) is 0 Å². The molecule has 0 spiro atoms. The van der Waals surface area contributed by atoms with Gasteiger partial charge in [0.2, 0.25) is 15.9 Å². The molecule has 9 nitrogen and oxygen atoms in total. The summed E-state index contributed by atoms with van der Waals surface area (Å²) in [4.78, 5) is 25.0. The number of nitrogens with one attached hydrogen (secondary N) is 1. The van der Waals surface area contributed by atoms with Gasteiger partial charge in [0.15, 0.2) is 0 Å². The zero-order valence-electron chi connectivity index (χ0n) is 15.0. The van der Waals surface area contributed by atoms with Gasteiger partial charge in [0, 0.05) is 25.5 Å². The van der Waals surface area contributed by atoms with Crippen molar-refractivity contribution >= 4 is 15.9 Å². The summed E-state index contributed by atoms with van der Waals surface area (Å²) < 4.78 is 27.0. The molecule has 1 aliphatic heterocycles. The Balaban J connectivity index is 1.63. The van der Waals surface area contributed by atoms with Gasteiger partial charge in [0.25, 0.3) is 0 Å². The molecular weight excluding hydrogens is 356 g/mol. The van der Waals surface area contributed by atoms with Crippen LogP contribution in [-0.2, 0) is 34.3 Å². The Kier molecular flexibility index (Phi) is 5.05. The van der Waals surface area contributed by atoms with Gasteiger partial charge in [-0.15, -0.1) is 0 Å². The highest BCUT2D eigenvalue weighted by atomic mass is 32.2. The lowest BCUT2D eigenvalue weighted by Crippen LogP contribution is -2.40. The zero-order chi connectivity index (χ0) is 18.9. The molecule has 140 valence electrons. The van der Waals surface area contributed by atoms with E-state index >= 15 is 0 Å². The smallest absolute Gasteiger partial charge is 0.226 e. The van der Waals surface area contributed by atoms with Crippen molar-refractivity contribution in [2.75, 3.05) is 12.8 Å². The molecule has 0 aliphatic carbocycles. The number of carbonyl (C=O) groups is 1. The van der Waals surface area contributed by atoms with Crippen LogP contribution >= 0.6 is 0 Å². The summed E-state index contributed by atoms with van der Waals surface area (Å²) in [5, 5.41) is 2.79. The number of carbonyl (C=O) groups excluding carboxylic acids is 1. The third-order valence-corrected chi connectivity index (χ3v) is 5.64. The summed E-state index contributed by atoms with van der Waals surface area (Å²) in [5.41, 5.74) is 2.13. The van der Waals surface area contributed by atoms with Crippen molar-refractivity contribution in [3.05, 3.63) is 41.5 Å². The normalized spacial score (nSPS) is 17.7. The molecule has 0 saturated heterocycles. The minimum Gasteiger partial charge on any atom is -0.350 e. The first-order valence-electron chi connectivity index (χ1n) is 8.31. The monoisotopic (exact) mass is 378 g/mol. The fourth-order valence-electron chi connectivity index (χ4n) is 2.99. The van der Waals surface area contributed by atoms with Crippen LogP contribution in [0.5, 0.6) is 0 Å². The largest absolute Gasteiger partial charge is 0.350 e. The summed E-state index contributed by atoms with van der Waals surface area (Å²) in [6, 6.07) is -0.349. The van der Waals surface area contributed by atoms with Gasteiger partial charge in [-0.3, -0.25) is 14.8 Å². The molecule has 1 amide bonds. The number of aryl methyl sites for hydroxylation is 1. The molecule has 1 aliphatic rings. The molecule has 1 unspecified atom stereocenters. The minimum atomic E-state index is -3.29. The maximum absolute atomic E-state index is 12.2. The second kappa shape index (κ2) is 7.12. The van der Waals surface area contributed by atoms with Crippen LogP contribution in [-0.4, -0.2) is 50.9 Å². The highest BCUT2D eigenvalue weighted by Crippen LogP contribution is 2.26. The van der Waals surface area contributed by atoms with Crippen LogP contribution in [0.25, 0.3) is 0 Å². The molecule has 0 aromatic carbocycles. The molecule has 2 aromatic rings. The summed E-state index contributed by atoms with van der Waals surface area (Å²) in [6.45, 7) is 4.89. The molecule has 26 heavy (non-hydrogen) atoms. The van der Waals surface area contributed by atoms with E-state index in [2.05, 4.69) is 20.3 Å². The van der Waals surface area contributed by atoms with Gasteiger partial charge in [-0.05, 0) is 13.8 Å². The van der Waals surface area contributed by atoms with E-state index in [1.54, 1.807) is 19.3 Å². The quantitative estimate of drug-likeness (QED) is 0.795. The second-order valence-corrected chi connectivity index (χ2v) is 8.37. The van der Waals surface area contributed by atoms with Crippen LogP contribution in [0.2, 0.25) is 0 Å². The van der Waals surface area contributed by atoms with E-state index in [0.717, 1.165) is 5.69 Å². The topological polar surface area (TPSA) is 110 Å². The Bertz CT molecular complexity index is 907. The van der Waals surface area contributed by atoms with E-state index in [4.69, 9.17) is 0 Å². The average molecular weight is 378 g/mol. The number of sulfonamides is 1. The number of amides is 1. The Morgan fingerprint density at radius 3 is 2.69 bits per heavy atom. The van der Waals surface area contributed by atoms with Gasteiger partial charge in [-0.25, -0.2) is 13.4 Å². The highest BCUT2D eigenvalue weighted by molar-refractivity contribution is 7.88. The minimum absolute atomic E-state index is 0.130. The van der Waals surface area contributed by atoms with E-state index in [9.17, 15) is 13.2 Å². The van der Waals surface area contributed by atoms with Crippen molar-refractivity contribution in [3.8, 4) is 0 Å². The first kappa shape index (κ1) is 18.5. The fourth-order valence-corrected chi connectivity index (χ4v) is 4.07. The molecule has 0 bridgehead atoms. The standard InChI is InChI=1S/C16H22N6O3S/c1-11-7-18-14(8-17-11)9-19-15(23)6-13-10-21-4-5-22(26(3,24)25)12(2)16(21)20-13/h7-8,10,12H,4-6,9H2,1-3H3,(H,19,23). The van der Waals surface area contributed by atoms with Crippen LogP contribution in [0.1, 0.15) is 35.9 Å². The maximum Gasteiger partial charge on any atom is 0.226 e. The van der Waals surface area contributed by atoms with E-state index < -0.39 is 10.0 Å².